The predicted molar refractivity (Wildman–Crippen MR) is 92.3 cm³/mol. The van der Waals surface area contributed by atoms with E-state index < -0.39 is 5.97 Å². The van der Waals surface area contributed by atoms with Gasteiger partial charge in [0.15, 0.2) is 5.71 Å². The molecule has 5 heteroatoms. The van der Waals surface area contributed by atoms with Crippen molar-refractivity contribution in [2.75, 3.05) is 14.2 Å². The highest BCUT2D eigenvalue weighted by Gasteiger charge is 2.19. The van der Waals surface area contributed by atoms with E-state index in [1.807, 2.05) is 50.2 Å². The average Bonchev–Trinajstić information content (AvgIpc) is 2.60. The van der Waals surface area contributed by atoms with E-state index in [2.05, 4.69) is 5.16 Å². The van der Waals surface area contributed by atoms with Gasteiger partial charge in [0, 0.05) is 5.56 Å². The quantitative estimate of drug-likeness (QED) is 0.463. The van der Waals surface area contributed by atoms with Gasteiger partial charge >= 0.3 is 5.97 Å². The molecule has 0 atom stereocenters. The fourth-order valence-corrected chi connectivity index (χ4v) is 2.30. The summed E-state index contributed by atoms with van der Waals surface area (Å²) < 4.78 is 10.7. The Labute approximate surface area is 141 Å². The molecule has 126 valence electrons. The average molecular weight is 327 g/mol. The van der Waals surface area contributed by atoms with Gasteiger partial charge in [-0.05, 0) is 36.6 Å². The summed E-state index contributed by atoms with van der Waals surface area (Å²) in [6.45, 7) is 4.36. The molecule has 5 nitrogen and oxygen atoms in total. The topological polar surface area (TPSA) is 57.1 Å². The third kappa shape index (κ3) is 3.93. The number of carbonyl (C=O) groups excluding carboxylic acids is 1. The number of benzene rings is 2. The largest absolute Gasteiger partial charge is 0.489 e. The van der Waals surface area contributed by atoms with Crippen molar-refractivity contribution >= 4 is 11.7 Å². The van der Waals surface area contributed by atoms with Gasteiger partial charge in [0.1, 0.15) is 19.5 Å². The fraction of sp³-hybridized carbons (Fsp3) is 0.263. The SMILES string of the molecule is CON=C(C(=O)OC)c1ccccc1COc1cccc(C)c1C. The predicted octanol–water partition coefficient (Wildman–Crippen LogP) is 3.41. The summed E-state index contributed by atoms with van der Waals surface area (Å²) in [5.41, 5.74) is 3.81. The summed E-state index contributed by atoms with van der Waals surface area (Å²) in [6, 6.07) is 13.3. The van der Waals surface area contributed by atoms with Crippen molar-refractivity contribution in [2.24, 2.45) is 5.16 Å². The molecule has 0 fully saturated rings. The van der Waals surface area contributed by atoms with Crippen molar-refractivity contribution in [3.05, 3.63) is 64.7 Å². The van der Waals surface area contributed by atoms with Crippen LogP contribution in [0.3, 0.4) is 0 Å². The second-order valence-corrected chi connectivity index (χ2v) is 5.26. The van der Waals surface area contributed by atoms with Crippen LogP contribution in [0, 0.1) is 13.8 Å². The van der Waals surface area contributed by atoms with Gasteiger partial charge in [-0.3, -0.25) is 0 Å². The number of rotatable bonds is 6. The lowest BCUT2D eigenvalue weighted by atomic mass is 10.0. The number of hydrogen-bond acceptors (Lipinski definition) is 5. The van der Waals surface area contributed by atoms with Crippen molar-refractivity contribution in [3.63, 3.8) is 0 Å². The van der Waals surface area contributed by atoms with Gasteiger partial charge in [-0.25, -0.2) is 4.79 Å². The number of ether oxygens (including phenoxy) is 2. The van der Waals surface area contributed by atoms with E-state index in [9.17, 15) is 4.79 Å². The Balaban J connectivity index is 2.30. The van der Waals surface area contributed by atoms with Crippen molar-refractivity contribution in [1.82, 2.24) is 0 Å². The van der Waals surface area contributed by atoms with Gasteiger partial charge in [0.25, 0.3) is 0 Å². The summed E-state index contributed by atoms with van der Waals surface area (Å²) in [4.78, 5) is 16.7. The molecule has 0 spiro atoms. The lowest BCUT2D eigenvalue weighted by Crippen LogP contribution is -2.19. The van der Waals surface area contributed by atoms with Crippen molar-refractivity contribution in [1.29, 1.82) is 0 Å². The van der Waals surface area contributed by atoms with Gasteiger partial charge in [0.05, 0.1) is 7.11 Å². The third-order valence-corrected chi connectivity index (χ3v) is 3.77. The molecule has 0 amide bonds. The van der Waals surface area contributed by atoms with Crippen LogP contribution in [0.25, 0.3) is 0 Å². The molecule has 0 N–H and O–H groups in total. The maximum atomic E-state index is 12.0. The molecule has 0 bridgehead atoms. The van der Waals surface area contributed by atoms with Crippen molar-refractivity contribution in [2.45, 2.75) is 20.5 Å². The Morgan fingerprint density at radius 1 is 1.04 bits per heavy atom. The van der Waals surface area contributed by atoms with E-state index >= 15 is 0 Å². The normalized spacial score (nSPS) is 11.1. The summed E-state index contributed by atoms with van der Waals surface area (Å²) in [6.07, 6.45) is 0. The molecular weight excluding hydrogens is 306 g/mol. The van der Waals surface area contributed by atoms with Crippen LogP contribution >= 0.6 is 0 Å². The van der Waals surface area contributed by atoms with Gasteiger partial charge in [-0.2, -0.15) is 0 Å². The van der Waals surface area contributed by atoms with E-state index in [0.717, 1.165) is 22.4 Å². The highest BCUT2D eigenvalue weighted by molar-refractivity contribution is 6.43. The minimum atomic E-state index is -0.559. The van der Waals surface area contributed by atoms with Crippen molar-refractivity contribution in [3.8, 4) is 5.75 Å². The van der Waals surface area contributed by atoms with Crippen LogP contribution in [0.2, 0.25) is 0 Å². The second kappa shape index (κ2) is 8.15. The molecule has 0 aliphatic heterocycles. The summed E-state index contributed by atoms with van der Waals surface area (Å²) >= 11 is 0. The number of aryl methyl sites for hydroxylation is 1. The van der Waals surface area contributed by atoms with Crippen LogP contribution in [-0.4, -0.2) is 25.9 Å². The van der Waals surface area contributed by atoms with E-state index in [1.54, 1.807) is 6.07 Å². The molecule has 0 heterocycles. The Morgan fingerprint density at radius 3 is 2.50 bits per heavy atom. The van der Waals surface area contributed by atoms with Crippen LogP contribution < -0.4 is 4.74 Å². The first kappa shape index (κ1) is 17.5. The monoisotopic (exact) mass is 327 g/mol. The minimum absolute atomic E-state index is 0.111. The zero-order valence-corrected chi connectivity index (χ0v) is 14.3. The molecule has 0 aromatic heterocycles. The van der Waals surface area contributed by atoms with Gasteiger partial charge in [0.2, 0.25) is 0 Å². The lowest BCUT2D eigenvalue weighted by Gasteiger charge is -2.14. The molecule has 0 aliphatic carbocycles. The zero-order valence-electron chi connectivity index (χ0n) is 14.3. The lowest BCUT2D eigenvalue weighted by molar-refractivity contribution is -0.132. The van der Waals surface area contributed by atoms with E-state index in [1.165, 1.54) is 14.2 Å². The standard InChI is InChI=1S/C19H21NO4/c1-13-8-7-11-17(14(13)2)24-12-15-9-5-6-10-16(15)18(20-23-4)19(21)22-3/h5-11H,12H2,1-4H3. The molecule has 2 rings (SSSR count). The Morgan fingerprint density at radius 2 is 1.79 bits per heavy atom. The Bertz CT molecular complexity index is 753. The van der Waals surface area contributed by atoms with Crippen molar-refractivity contribution < 1.29 is 19.1 Å². The zero-order chi connectivity index (χ0) is 17.5. The first-order chi connectivity index (χ1) is 11.6. The van der Waals surface area contributed by atoms with Gasteiger partial charge < -0.3 is 14.3 Å². The molecule has 0 aliphatic rings. The summed E-state index contributed by atoms with van der Waals surface area (Å²) in [5, 5.41) is 3.80. The summed E-state index contributed by atoms with van der Waals surface area (Å²) in [5.74, 6) is 0.254. The fourth-order valence-electron chi connectivity index (χ4n) is 2.30. The van der Waals surface area contributed by atoms with Crippen LogP contribution in [0.15, 0.2) is 47.6 Å². The number of hydrogen-bond donors (Lipinski definition) is 0. The maximum Gasteiger partial charge on any atom is 0.360 e. The van der Waals surface area contributed by atoms with E-state index in [-0.39, 0.29) is 5.71 Å². The molecule has 0 saturated heterocycles. The van der Waals surface area contributed by atoms with Crippen LogP contribution in [0.1, 0.15) is 22.3 Å². The molecule has 2 aromatic rings. The molecule has 0 radical (unpaired) electrons. The van der Waals surface area contributed by atoms with Crippen LogP contribution in [-0.2, 0) is 21.0 Å². The first-order valence-electron chi connectivity index (χ1n) is 7.55. The number of nitrogens with zero attached hydrogens (tertiary/aromatic N) is 1. The number of oxime groups is 1. The second-order valence-electron chi connectivity index (χ2n) is 5.26. The molecule has 24 heavy (non-hydrogen) atoms. The first-order valence-corrected chi connectivity index (χ1v) is 7.55. The van der Waals surface area contributed by atoms with Gasteiger partial charge in [-0.15, -0.1) is 0 Å². The number of carbonyl (C=O) groups is 1. The summed E-state index contributed by atoms with van der Waals surface area (Å²) in [7, 11) is 2.70. The Hall–Kier alpha value is -2.82. The van der Waals surface area contributed by atoms with Gasteiger partial charge in [-0.1, -0.05) is 41.6 Å². The maximum absolute atomic E-state index is 12.0. The highest BCUT2D eigenvalue weighted by Crippen LogP contribution is 2.22. The molecule has 0 unspecified atom stereocenters. The van der Waals surface area contributed by atoms with Crippen LogP contribution in [0.4, 0.5) is 0 Å². The van der Waals surface area contributed by atoms with Crippen LogP contribution in [0.5, 0.6) is 5.75 Å². The molecule has 0 saturated carbocycles. The number of esters is 1. The number of methoxy groups -OCH3 is 1. The van der Waals surface area contributed by atoms with E-state index in [0.29, 0.717) is 12.2 Å². The highest BCUT2D eigenvalue weighted by atomic mass is 16.6. The third-order valence-electron chi connectivity index (χ3n) is 3.77. The minimum Gasteiger partial charge on any atom is -0.489 e. The Kier molecular flexibility index (Phi) is 5.95. The molecular formula is C19H21NO4. The smallest absolute Gasteiger partial charge is 0.360 e. The van der Waals surface area contributed by atoms with E-state index in [4.69, 9.17) is 14.3 Å². The molecule has 2 aromatic carbocycles.